The molecule has 1 aliphatic heterocycles. The maximum Gasteiger partial charge on any atom is 0.319 e. The van der Waals surface area contributed by atoms with Crippen LogP contribution in [0, 0.1) is 0 Å². The minimum absolute atomic E-state index is 0.0118. The van der Waals surface area contributed by atoms with Crippen molar-refractivity contribution in [1.29, 1.82) is 0 Å². The van der Waals surface area contributed by atoms with Crippen LogP contribution < -0.4 is 0 Å². The van der Waals surface area contributed by atoms with Crippen LogP contribution in [0.4, 0.5) is 4.79 Å². The molecule has 2 rings (SSSR count). The first-order valence-corrected chi connectivity index (χ1v) is 7.41. The van der Waals surface area contributed by atoms with E-state index in [1.54, 1.807) is 19.0 Å². The Morgan fingerprint density at radius 2 is 1.90 bits per heavy atom. The first kappa shape index (κ1) is 15.8. The van der Waals surface area contributed by atoms with Crippen molar-refractivity contribution in [2.45, 2.75) is 32.7 Å². The molecule has 0 N–H and O–H groups in total. The molecule has 6 heteroatoms. The first-order valence-electron chi connectivity index (χ1n) is 7.41. The van der Waals surface area contributed by atoms with Gasteiger partial charge < -0.3 is 14.2 Å². The van der Waals surface area contributed by atoms with E-state index in [0.717, 1.165) is 37.8 Å². The Bertz CT molecular complexity index is 482. The second-order valence-corrected chi connectivity index (χ2v) is 6.81. The second kappa shape index (κ2) is 6.05. The van der Waals surface area contributed by atoms with Crippen LogP contribution in [0.3, 0.4) is 0 Å². The molecule has 6 nitrogen and oxygen atoms in total. The lowest BCUT2D eigenvalue weighted by Gasteiger charge is -2.35. The molecule has 1 saturated heterocycles. The number of urea groups is 1. The molecule has 0 unspecified atom stereocenters. The van der Waals surface area contributed by atoms with Crippen LogP contribution in [0.5, 0.6) is 0 Å². The summed E-state index contributed by atoms with van der Waals surface area (Å²) in [5.74, 6) is 1.67. The van der Waals surface area contributed by atoms with E-state index in [1.165, 1.54) is 0 Å². The van der Waals surface area contributed by atoms with Gasteiger partial charge in [-0.15, -0.1) is 0 Å². The van der Waals surface area contributed by atoms with Gasteiger partial charge in [-0.1, -0.05) is 20.8 Å². The van der Waals surface area contributed by atoms with Crippen LogP contribution in [0.15, 0.2) is 10.6 Å². The number of hydrogen-bond acceptors (Lipinski definition) is 4. The highest BCUT2D eigenvalue weighted by molar-refractivity contribution is 5.73. The fourth-order valence-electron chi connectivity index (χ4n) is 2.30. The van der Waals surface area contributed by atoms with Crippen molar-refractivity contribution >= 4 is 6.03 Å². The van der Waals surface area contributed by atoms with Crippen molar-refractivity contribution < 1.29 is 9.21 Å². The largest absolute Gasteiger partial charge is 0.444 e. The van der Waals surface area contributed by atoms with Crippen LogP contribution in [0.25, 0.3) is 0 Å². The molecule has 1 aliphatic rings. The predicted octanol–water partition coefficient (Wildman–Crippen LogP) is 1.77. The van der Waals surface area contributed by atoms with Crippen molar-refractivity contribution in [3.05, 3.63) is 17.8 Å². The Kier molecular flexibility index (Phi) is 4.56. The molecule has 2 amide bonds. The molecule has 0 atom stereocenters. The second-order valence-electron chi connectivity index (χ2n) is 6.81. The standard InChI is InChI=1S/C15H26N4O2/c1-15(2,3)12-10-16-13(21-12)11-18-6-8-19(9-7-18)14(20)17(4)5/h10H,6-9,11H2,1-5H3. The summed E-state index contributed by atoms with van der Waals surface area (Å²) < 4.78 is 5.82. The lowest BCUT2D eigenvalue weighted by atomic mass is 9.94. The third-order valence-corrected chi connectivity index (χ3v) is 3.68. The minimum Gasteiger partial charge on any atom is -0.444 e. The molecule has 1 fully saturated rings. The van der Waals surface area contributed by atoms with Gasteiger partial charge in [-0.05, 0) is 0 Å². The van der Waals surface area contributed by atoms with Gasteiger partial charge in [-0.3, -0.25) is 4.90 Å². The summed E-state index contributed by atoms with van der Waals surface area (Å²) in [4.78, 5) is 22.0. The van der Waals surface area contributed by atoms with Gasteiger partial charge in [0, 0.05) is 45.7 Å². The normalized spacial score (nSPS) is 17.1. The molecule has 0 aromatic carbocycles. The molecule has 0 saturated carbocycles. The van der Waals surface area contributed by atoms with Crippen LogP contribution in [0.1, 0.15) is 32.4 Å². The Hall–Kier alpha value is -1.56. The number of rotatable bonds is 2. The maximum atomic E-state index is 11.9. The van der Waals surface area contributed by atoms with Gasteiger partial charge in [-0.25, -0.2) is 9.78 Å². The molecule has 1 aromatic heterocycles. The number of hydrogen-bond donors (Lipinski definition) is 0. The fraction of sp³-hybridized carbons (Fsp3) is 0.733. The zero-order chi connectivity index (χ0) is 15.6. The molecule has 21 heavy (non-hydrogen) atoms. The highest BCUT2D eigenvalue weighted by Crippen LogP contribution is 2.23. The van der Waals surface area contributed by atoms with E-state index >= 15 is 0 Å². The van der Waals surface area contributed by atoms with Crippen molar-refractivity contribution in [3.63, 3.8) is 0 Å². The van der Waals surface area contributed by atoms with E-state index in [4.69, 9.17) is 4.42 Å². The van der Waals surface area contributed by atoms with Gasteiger partial charge in [0.2, 0.25) is 5.89 Å². The Balaban J connectivity index is 1.86. The number of amides is 2. The van der Waals surface area contributed by atoms with E-state index in [2.05, 4.69) is 30.7 Å². The van der Waals surface area contributed by atoms with E-state index < -0.39 is 0 Å². The summed E-state index contributed by atoms with van der Waals surface area (Å²) in [7, 11) is 3.57. The molecular formula is C15H26N4O2. The van der Waals surface area contributed by atoms with Crippen molar-refractivity contribution in [2.24, 2.45) is 0 Å². The fourth-order valence-corrected chi connectivity index (χ4v) is 2.30. The van der Waals surface area contributed by atoms with Crippen LogP contribution in [-0.2, 0) is 12.0 Å². The summed E-state index contributed by atoms with van der Waals surface area (Å²) in [5, 5.41) is 0. The molecule has 0 aliphatic carbocycles. The molecule has 118 valence electrons. The smallest absolute Gasteiger partial charge is 0.319 e. The first-order chi connectivity index (χ1) is 9.77. The maximum absolute atomic E-state index is 11.9. The zero-order valence-electron chi connectivity index (χ0n) is 13.7. The van der Waals surface area contributed by atoms with Crippen molar-refractivity contribution in [3.8, 4) is 0 Å². The number of aromatic nitrogens is 1. The van der Waals surface area contributed by atoms with Crippen LogP contribution >= 0.6 is 0 Å². The third-order valence-electron chi connectivity index (χ3n) is 3.68. The van der Waals surface area contributed by atoms with E-state index in [1.807, 2.05) is 11.1 Å². The van der Waals surface area contributed by atoms with Gasteiger partial charge in [0.1, 0.15) is 5.76 Å². The van der Waals surface area contributed by atoms with Gasteiger partial charge in [0.15, 0.2) is 0 Å². The highest BCUT2D eigenvalue weighted by Gasteiger charge is 2.24. The molecule has 0 radical (unpaired) electrons. The van der Waals surface area contributed by atoms with E-state index in [9.17, 15) is 4.79 Å². The Morgan fingerprint density at radius 3 is 2.38 bits per heavy atom. The number of nitrogens with zero attached hydrogens (tertiary/aromatic N) is 4. The predicted molar refractivity (Wildman–Crippen MR) is 81.1 cm³/mol. The summed E-state index contributed by atoms with van der Waals surface area (Å²) in [6, 6.07) is 0.0841. The quantitative estimate of drug-likeness (QED) is 0.834. The minimum atomic E-state index is -0.0118. The number of oxazole rings is 1. The molecule has 0 spiro atoms. The van der Waals surface area contributed by atoms with Gasteiger partial charge in [-0.2, -0.15) is 0 Å². The van der Waals surface area contributed by atoms with Crippen LogP contribution in [-0.4, -0.2) is 66.0 Å². The average Bonchev–Trinajstić information content (AvgIpc) is 2.87. The highest BCUT2D eigenvalue weighted by atomic mass is 16.4. The van der Waals surface area contributed by atoms with Gasteiger partial charge in [0.25, 0.3) is 0 Å². The third kappa shape index (κ3) is 3.97. The number of carbonyl (C=O) groups is 1. The lowest BCUT2D eigenvalue weighted by molar-refractivity contribution is 0.114. The Morgan fingerprint density at radius 1 is 1.29 bits per heavy atom. The summed E-state index contributed by atoms with van der Waals surface area (Å²) >= 11 is 0. The molecule has 0 bridgehead atoms. The monoisotopic (exact) mass is 294 g/mol. The van der Waals surface area contributed by atoms with Crippen LogP contribution in [0.2, 0.25) is 0 Å². The average molecular weight is 294 g/mol. The molecule has 1 aromatic rings. The zero-order valence-corrected chi connectivity index (χ0v) is 13.7. The Labute approximate surface area is 126 Å². The summed E-state index contributed by atoms with van der Waals surface area (Å²) in [6.07, 6.45) is 1.82. The van der Waals surface area contributed by atoms with Crippen molar-refractivity contribution in [2.75, 3.05) is 40.3 Å². The van der Waals surface area contributed by atoms with E-state index in [0.29, 0.717) is 6.54 Å². The number of piperazine rings is 1. The van der Waals surface area contributed by atoms with Gasteiger partial charge >= 0.3 is 6.03 Å². The van der Waals surface area contributed by atoms with E-state index in [-0.39, 0.29) is 11.4 Å². The molecular weight excluding hydrogens is 268 g/mol. The van der Waals surface area contributed by atoms with Gasteiger partial charge in [0.05, 0.1) is 12.7 Å². The number of carbonyl (C=O) groups excluding carboxylic acids is 1. The molecule has 2 heterocycles. The summed E-state index contributed by atoms with van der Waals surface area (Å²) in [5.41, 5.74) is -0.0118. The van der Waals surface area contributed by atoms with Crippen molar-refractivity contribution in [1.82, 2.24) is 19.7 Å². The summed E-state index contributed by atoms with van der Waals surface area (Å²) in [6.45, 7) is 10.3. The topological polar surface area (TPSA) is 52.8 Å². The SMILES string of the molecule is CN(C)C(=O)N1CCN(Cc2ncc(C(C)(C)C)o2)CC1. The lowest BCUT2D eigenvalue weighted by Crippen LogP contribution is -2.51.